The SMILES string of the molecule is CN(C)CC(=O)c1cn(Cc2ccc(Cl)nc2)c2ccccc12. The van der Waals surface area contributed by atoms with Crippen molar-refractivity contribution >= 4 is 28.3 Å². The summed E-state index contributed by atoms with van der Waals surface area (Å²) in [5.41, 5.74) is 2.85. The topological polar surface area (TPSA) is 38.1 Å². The highest BCUT2D eigenvalue weighted by molar-refractivity contribution is 6.29. The van der Waals surface area contributed by atoms with Crippen molar-refractivity contribution in [2.24, 2.45) is 0 Å². The molecule has 2 aromatic heterocycles. The highest BCUT2D eigenvalue weighted by Crippen LogP contribution is 2.23. The van der Waals surface area contributed by atoms with Gasteiger partial charge in [0.2, 0.25) is 0 Å². The molecule has 3 rings (SSSR count). The van der Waals surface area contributed by atoms with Gasteiger partial charge in [0, 0.05) is 35.4 Å². The molecule has 0 saturated carbocycles. The van der Waals surface area contributed by atoms with Crippen LogP contribution in [0.15, 0.2) is 48.8 Å². The highest BCUT2D eigenvalue weighted by atomic mass is 35.5. The van der Waals surface area contributed by atoms with Gasteiger partial charge in [0.1, 0.15) is 5.15 Å². The van der Waals surface area contributed by atoms with E-state index in [2.05, 4.69) is 9.55 Å². The Morgan fingerprint density at radius 3 is 2.70 bits per heavy atom. The molecule has 0 fully saturated rings. The fourth-order valence-corrected chi connectivity index (χ4v) is 2.78. The summed E-state index contributed by atoms with van der Waals surface area (Å²) in [4.78, 5) is 18.5. The molecule has 4 nitrogen and oxygen atoms in total. The van der Waals surface area contributed by atoms with Gasteiger partial charge in [-0.3, -0.25) is 4.79 Å². The van der Waals surface area contributed by atoms with Crippen LogP contribution in [0.2, 0.25) is 5.15 Å². The minimum Gasteiger partial charge on any atom is -0.342 e. The summed E-state index contributed by atoms with van der Waals surface area (Å²) in [5, 5.41) is 1.47. The van der Waals surface area contributed by atoms with Crippen LogP contribution in [0.4, 0.5) is 0 Å². The van der Waals surface area contributed by atoms with Crippen molar-refractivity contribution < 1.29 is 4.79 Å². The van der Waals surface area contributed by atoms with E-state index >= 15 is 0 Å². The Morgan fingerprint density at radius 2 is 2.00 bits per heavy atom. The maximum absolute atomic E-state index is 12.5. The molecule has 0 N–H and O–H groups in total. The minimum atomic E-state index is 0.124. The lowest BCUT2D eigenvalue weighted by molar-refractivity contribution is 0.0959. The molecule has 23 heavy (non-hydrogen) atoms. The lowest BCUT2D eigenvalue weighted by atomic mass is 10.1. The number of hydrogen-bond donors (Lipinski definition) is 0. The first-order valence-electron chi connectivity index (χ1n) is 7.41. The van der Waals surface area contributed by atoms with E-state index in [9.17, 15) is 4.79 Å². The quantitative estimate of drug-likeness (QED) is 0.532. The zero-order valence-corrected chi connectivity index (χ0v) is 13.9. The van der Waals surface area contributed by atoms with Crippen molar-refractivity contribution in [1.29, 1.82) is 0 Å². The summed E-state index contributed by atoms with van der Waals surface area (Å²) in [6.07, 6.45) is 3.70. The molecule has 0 bridgehead atoms. The average Bonchev–Trinajstić information content (AvgIpc) is 2.88. The average molecular weight is 328 g/mol. The smallest absolute Gasteiger partial charge is 0.178 e. The van der Waals surface area contributed by atoms with E-state index in [1.54, 1.807) is 12.3 Å². The maximum Gasteiger partial charge on any atom is 0.178 e. The monoisotopic (exact) mass is 327 g/mol. The molecule has 0 aliphatic rings. The lowest BCUT2D eigenvalue weighted by Crippen LogP contribution is -2.21. The molecule has 2 heterocycles. The maximum atomic E-state index is 12.5. The van der Waals surface area contributed by atoms with Crippen LogP contribution in [0.25, 0.3) is 10.9 Å². The normalized spacial score (nSPS) is 11.3. The van der Waals surface area contributed by atoms with Crippen LogP contribution in [-0.4, -0.2) is 40.9 Å². The van der Waals surface area contributed by atoms with E-state index in [4.69, 9.17) is 11.6 Å². The number of fused-ring (bicyclic) bond motifs is 1. The van der Waals surface area contributed by atoms with Crippen LogP contribution in [-0.2, 0) is 6.54 Å². The second-order valence-corrected chi connectivity index (χ2v) is 6.23. The molecule has 1 aromatic carbocycles. The van der Waals surface area contributed by atoms with E-state index in [0.717, 1.165) is 22.0 Å². The number of para-hydroxylation sites is 1. The summed E-state index contributed by atoms with van der Waals surface area (Å²) in [7, 11) is 3.80. The Hall–Kier alpha value is -2.17. The minimum absolute atomic E-state index is 0.124. The van der Waals surface area contributed by atoms with Crippen molar-refractivity contribution in [1.82, 2.24) is 14.5 Å². The molecular formula is C18H18ClN3O. The second-order valence-electron chi connectivity index (χ2n) is 5.84. The van der Waals surface area contributed by atoms with Gasteiger partial charge in [-0.2, -0.15) is 0 Å². The van der Waals surface area contributed by atoms with Gasteiger partial charge in [-0.25, -0.2) is 4.98 Å². The number of carbonyl (C=O) groups is 1. The van der Waals surface area contributed by atoms with E-state index < -0.39 is 0 Å². The largest absolute Gasteiger partial charge is 0.342 e. The van der Waals surface area contributed by atoms with Gasteiger partial charge in [0.25, 0.3) is 0 Å². The molecule has 0 aliphatic carbocycles. The van der Waals surface area contributed by atoms with Crippen molar-refractivity contribution in [3.05, 3.63) is 65.1 Å². The number of halogens is 1. The number of likely N-dealkylation sites (N-methyl/N-ethyl adjacent to an activating group) is 1. The Bertz CT molecular complexity index is 837. The fraction of sp³-hybridized carbons (Fsp3) is 0.222. The number of carbonyl (C=O) groups excluding carboxylic acids is 1. The number of hydrogen-bond acceptors (Lipinski definition) is 3. The van der Waals surface area contributed by atoms with Gasteiger partial charge in [-0.1, -0.05) is 35.9 Å². The first-order valence-corrected chi connectivity index (χ1v) is 7.78. The van der Waals surface area contributed by atoms with Gasteiger partial charge in [-0.05, 0) is 31.8 Å². The first-order chi connectivity index (χ1) is 11.0. The predicted octanol–water partition coefficient (Wildman–Crippen LogP) is 3.48. The number of aromatic nitrogens is 2. The number of ketones is 1. The molecule has 0 atom stereocenters. The van der Waals surface area contributed by atoms with Crippen molar-refractivity contribution in [3.63, 3.8) is 0 Å². The van der Waals surface area contributed by atoms with E-state index in [1.807, 2.05) is 55.5 Å². The van der Waals surface area contributed by atoms with Gasteiger partial charge < -0.3 is 9.47 Å². The van der Waals surface area contributed by atoms with Gasteiger partial charge in [0.05, 0.1) is 6.54 Å². The zero-order valence-electron chi connectivity index (χ0n) is 13.2. The molecule has 0 unspecified atom stereocenters. The Balaban J connectivity index is 2.00. The van der Waals surface area contributed by atoms with Crippen molar-refractivity contribution in [3.8, 4) is 0 Å². The summed E-state index contributed by atoms with van der Waals surface area (Å²) >= 11 is 5.84. The number of pyridine rings is 1. The van der Waals surface area contributed by atoms with Crippen LogP contribution in [0.5, 0.6) is 0 Å². The van der Waals surface area contributed by atoms with E-state index in [-0.39, 0.29) is 5.78 Å². The molecule has 0 aliphatic heterocycles. The van der Waals surface area contributed by atoms with Crippen LogP contribution in [0, 0.1) is 0 Å². The third kappa shape index (κ3) is 3.44. The summed E-state index contributed by atoms with van der Waals surface area (Å²) in [6.45, 7) is 1.05. The molecule has 3 aromatic rings. The summed E-state index contributed by atoms with van der Waals surface area (Å²) < 4.78 is 2.09. The van der Waals surface area contributed by atoms with Crippen LogP contribution >= 0.6 is 11.6 Å². The second kappa shape index (κ2) is 6.52. The van der Waals surface area contributed by atoms with Crippen LogP contribution in [0.1, 0.15) is 15.9 Å². The number of Topliss-reactive ketones (excluding diaryl/α,β-unsaturated/α-hetero) is 1. The number of rotatable bonds is 5. The van der Waals surface area contributed by atoms with Gasteiger partial charge in [-0.15, -0.1) is 0 Å². The molecule has 0 saturated heterocycles. The predicted molar refractivity (Wildman–Crippen MR) is 93.2 cm³/mol. The third-order valence-electron chi connectivity index (χ3n) is 3.69. The Labute approximate surface area is 140 Å². The van der Waals surface area contributed by atoms with Crippen molar-refractivity contribution in [2.45, 2.75) is 6.54 Å². The molecule has 118 valence electrons. The molecular weight excluding hydrogens is 310 g/mol. The fourth-order valence-electron chi connectivity index (χ4n) is 2.67. The molecule has 0 radical (unpaired) electrons. The molecule has 5 heteroatoms. The standard InChI is InChI=1S/C18H18ClN3O/c1-21(2)12-17(23)15-11-22(16-6-4-3-5-14(15)16)10-13-7-8-18(19)20-9-13/h3-9,11H,10,12H2,1-2H3. The summed E-state index contributed by atoms with van der Waals surface area (Å²) in [5.74, 6) is 0.124. The van der Waals surface area contributed by atoms with Crippen LogP contribution in [0.3, 0.4) is 0 Å². The summed E-state index contributed by atoms with van der Waals surface area (Å²) in [6, 6.07) is 11.7. The van der Waals surface area contributed by atoms with Gasteiger partial charge in [0.15, 0.2) is 5.78 Å². The number of nitrogens with zero attached hydrogens (tertiary/aromatic N) is 3. The highest BCUT2D eigenvalue weighted by Gasteiger charge is 2.15. The number of benzene rings is 1. The third-order valence-corrected chi connectivity index (χ3v) is 3.91. The van der Waals surface area contributed by atoms with Crippen LogP contribution < -0.4 is 0 Å². The molecule has 0 spiro atoms. The Morgan fingerprint density at radius 1 is 1.22 bits per heavy atom. The molecule has 0 amide bonds. The first kappa shape index (κ1) is 15.7. The zero-order chi connectivity index (χ0) is 16.4. The Kier molecular flexibility index (Phi) is 4.46. The van der Waals surface area contributed by atoms with E-state index in [0.29, 0.717) is 18.2 Å². The van der Waals surface area contributed by atoms with Crippen molar-refractivity contribution in [2.75, 3.05) is 20.6 Å². The van der Waals surface area contributed by atoms with E-state index in [1.165, 1.54) is 0 Å². The van der Waals surface area contributed by atoms with Gasteiger partial charge >= 0.3 is 0 Å². The lowest BCUT2D eigenvalue weighted by Gasteiger charge is -2.07.